The Morgan fingerprint density at radius 2 is 1.35 bits per heavy atom. The lowest BCUT2D eigenvalue weighted by molar-refractivity contribution is 0.173. The lowest BCUT2D eigenvalue weighted by atomic mass is 10.1. The summed E-state index contributed by atoms with van der Waals surface area (Å²) in [5.41, 5.74) is 1.00. The molecule has 2 rings (SSSR count). The molecule has 0 amide bonds. The van der Waals surface area contributed by atoms with E-state index in [1.54, 1.807) is 24.3 Å². The SMILES string of the molecule is CCC(O)c1ccccc1.Oc1ccccc1. The minimum Gasteiger partial charge on any atom is -0.508 e. The van der Waals surface area contributed by atoms with Gasteiger partial charge in [-0.2, -0.15) is 0 Å². The number of phenols is 1. The van der Waals surface area contributed by atoms with Crippen molar-refractivity contribution < 1.29 is 10.2 Å². The molecule has 0 bridgehead atoms. The van der Waals surface area contributed by atoms with Crippen LogP contribution in [0.15, 0.2) is 60.7 Å². The molecular weight excluding hydrogens is 212 g/mol. The van der Waals surface area contributed by atoms with Crippen LogP contribution in [-0.4, -0.2) is 10.2 Å². The van der Waals surface area contributed by atoms with Gasteiger partial charge in [0.15, 0.2) is 0 Å². The number of para-hydroxylation sites is 1. The molecule has 17 heavy (non-hydrogen) atoms. The molecule has 2 aromatic rings. The van der Waals surface area contributed by atoms with Crippen LogP contribution in [0.4, 0.5) is 0 Å². The quantitative estimate of drug-likeness (QED) is 0.828. The second-order valence-electron chi connectivity index (χ2n) is 3.67. The summed E-state index contributed by atoms with van der Waals surface area (Å²) in [6.07, 6.45) is 0.491. The number of benzene rings is 2. The van der Waals surface area contributed by atoms with Gasteiger partial charge in [0.2, 0.25) is 0 Å². The van der Waals surface area contributed by atoms with Crippen LogP contribution in [0.2, 0.25) is 0 Å². The molecule has 2 heteroatoms. The first-order chi connectivity index (χ1) is 8.24. The topological polar surface area (TPSA) is 40.5 Å². The predicted molar refractivity (Wildman–Crippen MR) is 69.8 cm³/mol. The summed E-state index contributed by atoms with van der Waals surface area (Å²) in [5, 5.41) is 18.0. The van der Waals surface area contributed by atoms with Crippen molar-refractivity contribution in [2.75, 3.05) is 0 Å². The average Bonchev–Trinajstić information content (AvgIpc) is 2.40. The molecule has 0 heterocycles. The Bertz CT molecular complexity index is 398. The van der Waals surface area contributed by atoms with E-state index in [9.17, 15) is 5.11 Å². The van der Waals surface area contributed by atoms with Gasteiger partial charge < -0.3 is 10.2 Å². The lowest BCUT2D eigenvalue weighted by Gasteiger charge is -2.05. The molecule has 0 fully saturated rings. The van der Waals surface area contributed by atoms with Gasteiger partial charge in [0.05, 0.1) is 6.10 Å². The normalized spacial score (nSPS) is 11.2. The van der Waals surface area contributed by atoms with Crippen molar-refractivity contribution in [3.05, 3.63) is 66.2 Å². The minimum absolute atomic E-state index is 0.291. The van der Waals surface area contributed by atoms with E-state index in [-0.39, 0.29) is 6.10 Å². The van der Waals surface area contributed by atoms with Crippen molar-refractivity contribution in [3.8, 4) is 5.75 Å². The molecule has 0 aliphatic heterocycles. The lowest BCUT2D eigenvalue weighted by Crippen LogP contribution is -1.93. The van der Waals surface area contributed by atoms with E-state index in [1.165, 1.54) is 0 Å². The predicted octanol–water partition coefficient (Wildman–Crippen LogP) is 3.52. The molecular formula is C15H18O2. The maximum atomic E-state index is 9.33. The number of rotatable bonds is 2. The fourth-order valence-electron chi connectivity index (χ4n) is 1.34. The van der Waals surface area contributed by atoms with E-state index < -0.39 is 0 Å². The summed E-state index contributed by atoms with van der Waals surface area (Å²) in [5.74, 6) is 0.322. The molecule has 2 aromatic carbocycles. The summed E-state index contributed by atoms with van der Waals surface area (Å²) in [7, 11) is 0. The molecule has 90 valence electrons. The highest BCUT2D eigenvalue weighted by atomic mass is 16.3. The number of aliphatic hydroxyl groups excluding tert-OH is 1. The number of aromatic hydroxyl groups is 1. The fraction of sp³-hybridized carbons (Fsp3) is 0.200. The Morgan fingerprint density at radius 3 is 1.71 bits per heavy atom. The van der Waals surface area contributed by atoms with E-state index in [1.807, 2.05) is 43.3 Å². The summed E-state index contributed by atoms with van der Waals surface area (Å²) in [6.45, 7) is 1.97. The third kappa shape index (κ3) is 5.18. The largest absolute Gasteiger partial charge is 0.508 e. The van der Waals surface area contributed by atoms with Gasteiger partial charge in [0.1, 0.15) is 5.75 Å². The van der Waals surface area contributed by atoms with Gasteiger partial charge >= 0.3 is 0 Å². The molecule has 0 aromatic heterocycles. The van der Waals surface area contributed by atoms with Crippen LogP contribution in [0.25, 0.3) is 0 Å². The molecule has 0 radical (unpaired) electrons. The van der Waals surface area contributed by atoms with Crippen LogP contribution in [0, 0.1) is 0 Å². The van der Waals surface area contributed by atoms with Gasteiger partial charge in [-0.15, -0.1) is 0 Å². The van der Waals surface area contributed by atoms with Crippen molar-refractivity contribution in [2.24, 2.45) is 0 Å². The third-order valence-corrected chi connectivity index (χ3v) is 2.33. The monoisotopic (exact) mass is 230 g/mol. The van der Waals surface area contributed by atoms with Gasteiger partial charge in [-0.25, -0.2) is 0 Å². The standard InChI is InChI=1S/C9H12O.C6H6O/c1-2-9(10)8-6-4-3-5-7-8;7-6-4-2-1-3-5-6/h3-7,9-10H,2H2,1H3;1-5,7H. The molecule has 0 aliphatic rings. The zero-order valence-electron chi connectivity index (χ0n) is 9.95. The number of hydrogen-bond acceptors (Lipinski definition) is 2. The van der Waals surface area contributed by atoms with Crippen molar-refractivity contribution in [2.45, 2.75) is 19.4 Å². The van der Waals surface area contributed by atoms with Gasteiger partial charge in [0.25, 0.3) is 0 Å². The van der Waals surface area contributed by atoms with Crippen molar-refractivity contribution in [3.63, 3.8) is 0 Å². The Balaban J connectivity index is 0.000000181. The average molecular weight is 230 g/mol. The Kier molecular flexibility index (Phi) is 5.83. The van der Waals surface area contributed by atoms with Crippen molar-refractivity contribution in [1.29, 1.82) is 0 Å². The highest BCUT2D eigenvalue weighted by molar-refractivity contribution is 5.18. The summed E-state index contributed by atoms with van der Waals surface area (Å²) in [4.78, 5) is 0. The maximum Gasteiger partial charge on any atom is 0.115 e. The van der Waals surface area contributed by atoms with Gasteiger partial charge in [0, 0.05) is 0 Å². The van der Waals surface area contributed by atoms with Gasteiger partial charge in [-0.05, 0) is 24.1 Å². The zero-order valence-corrected chi connectivity index (χ0v) is 9.95. The second-order valence-corrected chi connectivity index (χ2v) is 3.67. The molecule has 0 saturated carbocycles. The smallest absolute Gasteiger partial charge is 0.115 e. The molecule has 2 nitrogen and oxygen atoms in total. The summed E-state index contributed by atoms with van der Waals surface area (Å²) in [6, 6.07) is 18.4. The number of phenolic OH excluding ortho intramolecular Hbond substituents is 1. The second kappa shape index (κ2) is 7.47. The molecule has 0 spiro atoms. The molecule has 0 saturated heterocycles. The van der Waals surface area contributed by atoms with Crippen LogP contribution >= 0.6 is 0 Å². The van der Waals surface area contributed by atoms with Crippen LogP contribution < -0.4 is 0 Å². The summed E-state index contributed by atoms with van der Waals surface area (Å²) >= 11 is 0. The number of hydrogen-bond donors (Lipinski definition) is 2. The number of aliphatic hydroxyl groups is 1. The first kappa shape index (κ1) is 13.3. The highest BCUT2D eigenvalue weighted by Crippen LogP contribution is 2.14. The van der Waals surface area contributed by atoms with Crippen molar-refractivity contribution >= 4 is 0 Å². The maximum absolute atomic E-state index is 9.33. The van der Waals surface area contributed by atoms with Crippen LogP contribution in [0.3, 0.4) is 0 Å². The fourth-order valence-corrected chi connectivity index (χ4v) is 1.34. The van der Waals surface area contributed by atoms with E-state index in [0.29, 0.717) is 5.75 Å². The van der Waals surface area contributed by atoms with E-state index in [2.05, 4.69) is 0 Å². The molecule has 1 atom stereocenters. The molecule has 0 aliphatic carbocycles. The van der Waals surface area contributed by atoms with Crippen LogP contribution in [0.1, 0.15) is 25.0 Å². The van der Waals surface area contributed by atoms with E-state index >= 15 is 0 Å². The Labute approximate surface area is 102 Å². The Morgan fingerprint density at radius 1 is 0.882 bits per heavy atom. The Hall–Kier alpha value is -1.80. The zero-order chi connectivity index (χ0) is 12.5. The molecule has 1 unspecified atom stereocenters. The molecule has 2 N–H and O–H groups in total. The van der Waals surface area contributed by atoms with E-state index in [4.69, 9.17) is 5.11 Å². The van der Waals surface area contributed by atoms with Gasteiger partial charge in [-0.1, -0.05) is 55.5 Å². The van der Waals surface area contributed by atoms with Gasteiger partial charge in [-0.3, -0.25) is 0 Å². The van der Waals surface area contributed by atoms with E-state index in [0.717, 1.165) is 12.0 Å². The minimum atomic E-state index is -0.291. The first-order valence-electron chi connectivity index (χ1n) is 5.71. The highest BCUT2D eigenvalue weighted by Gasteiger charge is 2.00. The summed E-state index contributed by atoms with van der Waals surface area (Å²) < 4.78 is 0. The first-order valence-corrected chi connectivity index (χ1v) is 5.71. The van der Waals surface area contributed by atoms with Crippen molar-refractivity contribution in [1.82, 2.24) is 0 Å². The van der Waals surface area contributed by atoms with Crippen LogP contribution in [-0.2, 0) is 0 Å². The third-order valence-electron chi connectivity index (χ3n) is 2.33. The van der Waals surface area contributed by atoms with Crippen LogP contribution in [0.5, 0.6) is 5.75 Å².